The van der Waals surface area contributed by atoms with Gasteiger partial charge < -0.3 is 20.1 Å². The Kier molecular flexibility index (Phi) is 7.44. The third-order valence-electron chi connectivity index (χ3n) is 5.06. The first kappa shape index (κ1) is 21.2. The maximum Gasteiger partial charge on any atom is 0.195 e. The van der Waals surface area contributed by atoms with E-state index in [1.54, 1.807) is 11.3 Å². The minimum absolute atomic E-state index is 0.671. The molecule has 0 bridgehead atoms. The molecule has 0 unspecified atom stereocenters. The van der Waals surface area contributed by atoms with Gasteiger partial charge in [0.2, 0.25) is 0 Å². The monoisotopic (exact) mass is 439 g/mol. The Morgan fingerprint density at radius 1 is 1.19 bits per heavy atom. The first-order valence-corrected chi connectivity index (χ1v) is 11.6. The van der Waals surface area contributed by atoms with Crippen LogP contribution in [0.2, 0.25) is 0 Å². The summed E-state index contributed by atoms with van der Waals surface area (Å²) in [5, 5.41) is 16.1. The highest BCUT2D eigenvalue weighted by Gasteiger charge is 2.11. The fraction of sp³-hybridized carbons (Fsp3) is 0.391. The van der Waals surface area contributed by atoms with E-state index in [-0.39, 0.29) is 0 Å². The van der Waals surface area contributed by atoms with Crippen LogP contribution in [0.3, 0.4) is 0 Å². The van der Waals surface area contributed by atoms with Crippen LogP contribution >= 0.6 is 11.3 Å². The summed E-state index contributed by atoms with van der Waals surface area (Å²) in [4.78, 5) is 6.15. The number of benzene rings is 1. The fourth-order valence-corrected chi connectivity index (χ4v) is 4.07. The molecule has 3 N–H and O–H groups in total. The minimum atomic E-state index is 0.671. The molecular weight excluding hydrogens is 410 g/mol. The summed E-state index contributed by atoms with van der Waals surface area (Å²) in [7, 11) is 0. The molecule has 3 heterocycles. The quantitative estimate of drug-likeness (QED) is 0.279. The molecule has 164 valence electrons. The second kappa shape index (κ2) is 10.9. The van der Waals surface area contributed by atoms with Gasteiger partial charge in [-0.3, -0.25) is 10.1 Å². The molecule has 3 aromatic rings. The third-order valence-corrected chi connectivity index (χ3v) is 6.00. The van der Waals surface area contributed by atoms with Gasteiger partial charge >= 0.3 is 0 Å². The molecule has 1 aliphatic rings. The molecule has 0 saturated heterocycles. The number of nitrogens with one attached hydrogen (secondary N) is 3. The maximum atomic E-state index is 5.82. The predicted molar refractivity (Wildman–Crippen MR) is 126 cm³/mol. The van der Waals surface area contributed by atoms with Crippen molar-refractivity contribution in [3.63, 3.8) is 0 Å². The van der Waals surface area contributed by atoms with Crippen molar-refractivity contribution in [2.45, 2.75) is 32.6 Å². The van der Waals surface area contributed by atoms with Gasteiger partial charge in [-0.05, 0) is 55.3 Å². The highest BCUT2D eigenvalue weighted by atomic mass is 32.1. The Hall–Kier alpha value is -3.00. The number of rotatable bonds is 8. The molecule has 0 amide bonds. The molecule has 4 rings (SSSR count). The Bertz CT molecular complexity index is 984. The lowest BCUT2D eigenvalue weighted by atomic mass is 10.1. The molecule has 2 aromatic heterocycles. The first-order chi connectivity index (χ1) is 15.3. The number of nitrogens with zero attached hydrogens (tertiary/aromatic N) is 2. The fourth-order valence-electron chi connectivity index (χ4n) is 3.36. The molecule has 1 aromatic carbocycles. The smallest absolute Gasteiger partial charge is 0.195 e. The average Bonchev–Trinajstić information content (AvgIpc) is 3.37. The molecule has 0 saturated carbocycles. The maximum absolute atomic E-state index is 5.82. The van der Waals surface area contributed by atoms with E-state index >= 15 is 0 Å². The number of aryl methyl sites for hydroxylation is 2. The van der Waals surface area contributed by atoms with E-state index < -0.39 is 0 Å². The van der Waals surface area contributed by atoms with Crippen molar-refractivity contribution < 1.29 is 9.47 Å². The van der Waals surface area contributed by atoms with Crippen molar-refractivity contribution in [2.24, 2.45) is 4.99 Å². The highest BCUT2D eigenvalue weighted by molar-refractivity contribution is 7.09. The number of anilines is 1. The number of H-pyrrole nitrogens is 1. The Balaban J connectivity index is 1.38. The van der Waals surface area contributed by atoms with E-state index in [0.29, 0.717) is 13.2 Å². The van der Waals surface area contributed by atoms with Gasteiger partial charge in [0, 0.05) is 41.8 Å². The Morgan fingerprint density at radius 2 is 2.10 bits per heavy atom. The predicted octanol–water partition coefficient (Wildman–Crippen LogP) is 4.17. The van der Waals surface area contributed by atoms with Crippen molar-refractivity contribution in [3.05, 3.63) is 58.0 Å². The number of aromatic nitrogens is 2. The van der Waals surface area contributed by atoms with Gasteiger partial charge in [0.25, 0.3) is 0 Å². The van der Waals surface area contributed by atoms with Crippen LogP contribution in [0.1, 0.15) is 29.0 Å². The number of aromatic amines is 1. The third kappa shape index (κ3) is 6.24. The summed E-state index contributed by atoms with van der Waals surface area (Å²) in [6.07, 6.45) is 5.67. The Labute approximate surface area is 186 Å². The van der Waals surface area contributed by atoms with Crippen LogP contribution in [-0.4, -0.2) is 42.5 Å². The van der Waals surface area contributed by atoms with Crippen molar-refractivity contribution in [3.8, 4) is 11.5 Å². The zero-order valence-corrected chi connectivity index (χ0v) is 18.6. The van der Waals surface area contributed by atoms with Crippen LogP contribution in [-0.2, 0) is 12.8 Å². The summed E-state index contributed by atoms with van der Waals surface area (Å²) in [5.74, 6) is 2.34. The van der Waals surface area contributed by atoms with E-state index in [1.807, 2.05) is 24.4 Å². The zero-order chi connectivity index (χ0) is 21.3. The number of thiophene rings is 1. The SMILES string of the molecule is Cc1[nH]ncc1CCCN=C(NCCc1cccs1)Nc1ccc2c(c1)OCCCO2. The van der Waals surface area contributed by atoms with Crippen LogP contribution in [0.15, 0.2) is 46.9 Å². The molecule has 0 radical (unpaired) electrons. The lowest BCUT2D eigenvalue weighted by Crippen LogP contribution is -2.32. The average molecular weight is 440 g/mol. The molecular formula is C23H29N5O2S. The number of fused-ring (bicyclic) bond motifs is 1. The minimum Gasteiger partial charge on any atom is -0.490 e. The van der Waals surface area contributed by atoms with Crippen LogP contribution in [0.4, 0.5) is 5.69 Å². The van der Waals surface area contributed by atoms with Crippen LogP contribution in [0.25, 0.3) is 0 Å². The van der Waals surface area contributed by atoms with E-state index in [4.69, 9.17) is 14.5 Å². The van der Waals surface area contributed by atoms with Crippen LogP contribution in [0, 0.1) is 6.92 Å². The molecule has 0 fully saturated rings. The van der Waals surface area contributed by atoms with Gasteiger partial charge in [0.05, 0.1) is 19.4 Å². The summed E-state index contributed by atoms with van der Waals surface area (Å²) in [6, 6.07) is 10.2. The number of aliphatic imine (C=N–C) groups is 1. The lowest BCUT2D eigenvalue weighted by molar-refractivity contribution is 0.297. The topological polar surface area (TPSA) is 83.6 Å². The summed E-state index contributed by atoms with van der Waals surface area (Å²) in [5.41, 5.74) is 3.30. The lowest BCUT2D eigenvalue weighted by Gasteiger charge is -2.14. The van der Waals surface area contributed by atoms with E-state index in [9.17, 15) is 0 Å². The molecule has 0 atom stereocenters. The van der Waals surface area contributed by atoms with Gasteiger partial charge in [-0.25, -0.2) is 0 Å². The van der Waals surface area contributed by atoms with Gasteiger partial charge in [-0.1, -0.05) is 6.07 Å². The van der Waals surface area contributed by atoms with Crippen molar-refractivity contribution in [1.82, 2.24) is 15.5 Å². The second-order valence-electron chi connectivity index (χ2n) is 7.45. The summed E-state index contributed by atoms with van der Waals surface area (Å²) in [6.45, 7) is 4.95. The largest absolute Gasteiger partial charge is 0.490 e. The van der Waals surface area contributed by atoms with E-state index in [0.717, 1.165) is 67.6 Å². The molecule has 0 spiro atoms. The number of ether oxygens (including phenoxy) is 2. The van der Waals surface area contributed by atoms with Crippen LogP contribution in [0.5, 0.6) is 11.5 Å². The normalized spacial score (nSPS) is 13.6. The van der Waals surface area contributed by atoms with Crippen molar-refractivity contribution >= 4 is 23.0 Å². The van der Waals surface area contributed by atoms with E-state index in [2.05, 4.69) is 45.3 Å². The van der Waals surface area contributed by atoms with E-state index in [1.165, 1.54) is 10.4 Å². The number of hydrogen-bond donors (Lipinski definition) is 3. The van der Waals surface area contributed by atoms with Gasteiger partial charge in [0.15, 0.2) is 17.5 Å². The highest BCUT2D eigenvalue weighted by Crippen LogP contribution is 2.32. The molecule has 0 aliphatic carbocycles. The van der Waals surface area contributed by atoms with Gasteiger partial charge in [0.1, 0.15) is 0 Å². The second-order valence-corrected chi connectivity index (χ2v) is 8.48. The Morgan fingerprint density at radius 3 is 2.90 bits per heavy atom. The standard InChI is InChI=1S/C23H29N5O2S/c1-17-18(16-26-28-17)5-2-10-24-23(25-11-9-20-6-3-14-31-20)27-19-7-8-21-22(15-19)30-13-4-12-29-21/h3,6-8,14-16H,2,4-5,9-13H2,1H3,(H,26,28)(H2,24,25,27). The van der Waals surface area contributed by atoms with Gasteiger partial charge in [-0.2, -0.15) is 5.10 Å². The summed E-state index contributed by atoms with van der Waals surface area (Å²) >= 11 is 1.78. The molecule has 31 heavy (non-hydrogen) atoms. The molecule has 8 heteroatoms. The van der Waals surface area contributed by atoms with Crippen molar-refractivity contribution in [1.29, 1.82) is 0 Å². The zero-order valence-electron chi connectivity index (χ0n) is 17.8. The number of guanidine groups is 1. The van der Waals surface area contributed by atoms with Gasteiger partial charge in [-0.15, -0.1) is 11.3 Å². The van der Waals surface area contributed by atoms with Crippen molar-refractivity contribution in [2.75, 3.05) is 31.6 Å². The molecule has 7 nitrogen and oxygen atoms in total. The molecule has 1 aliphatic heterocycles. The first-order valence-electron chi connectivity index (χ1n) is 10.7. The van der Waals surface area contributed by atoms with Crippen LogP contribution < -0.4 is 20.1 Å². The number of hydrogen-bond acceptors (Lipinski definition) is 5. The summed E-state index contributed by atoms with van der Waals surface area (Å²) < 4.78 is 11.6.